The number of amides is 6. The van der Waals surface area contributed by atoms with Crippen molar-refractivity contribution in [3.8, 4) is 0 Å². The molecular formula is C107H204N11O28PS2. The van der Waals surface area contributed by atoms with E-state index in [9.17, 15) is 92.8 Å². The van der Waals surface area contributed by atoms with Gasteiger partial charge in [0.15, 0.2) is 0 Å². The molecule has 149 heavy (non-hydrogen) atoms. The summed E-state index contributed by atoms with van der Waals surface area (Å²) in [5.74, 6) is -2.54. The van der Waals surface area contributed by atoms with Gasteiger partial charge in [-0.3, -0.25) is 62.2 Å². The molecule has 1 unspecified atom stereocenters. The van der Waals surface area contributed by atoms with Gasteiger partial charge in [0, 0.05) is 146 Å². The van der Waals surface area contributed by atoms with Crippen molar-refractivity contribution >= 4 is 105 Å². The SMILES string of the molecule is C=C(C)C(=O)OCCCC(=O)CCCCCNC(=O)C(C)(C)CC.C=C(C)C(=O)OCCCC(=O)CCCNC(=O)C(C)(C)CC.CCC(C)(C)C(=O)NCCCCN.CCC(C)(C)C(=O)NCCC[N+](C)(C)CCCCS(=O)(=O)[O-].CCC(C)(C)C(=O)NCCC[N+](C)(C)CCCCS(=O)(=O)[O-].CCC(C)(C)C(=O)NCCN.CCC(C)(C)C(=O)OCCOP(=O)(O)O.CCC(C)c1ccc(CN(CC(=O)O)CC(=O)O)cc1. The summed E-state index contributed by atoms with van der Waals surface area (Å²) in [7, 11) is -4.36. The number of nitrogens with two attached hydrogens (primary N) is 2. The Balaban J connectivity index is -0.000000312. The third-order valence-electron chi connectivity index (χ3n) is 25.6. The second kappa shape index (κ2) is 81.6. The van der Waals surface area contributed by atoms with Crippen molar-refractivity contribution < 1.29 is 141 Å². The number of phosphoric acid groups is 1. The molecule has 42 heteroatoms. The number of ether oxygens (including phenoxy) is 3. The highest BCUT2D eigenvalue weighted by atomic mass is 32.2. The van der Waals surface area contributed by atoms with Crippen LogP contribution in [0.15, 0.2) is 48.6 Å². The highest BCUT2D eigenvalue weighted by molar-refractivity contribution is 7.85. The molecule has 0 saturated carbocycles. The summed E-state index contributed by atoms with van der Waals surface area (Å²) in [6, 6.07) is 7.89. The molecule has 1 rings (SSSR count). The molecule has 0 aliphatic heterocycles. The molecule has 6 amide bonds. The van der Waals surface area contributed by atoms with Crippen LogP contribution in [-0.2, 0) is 112 Å². The number of phosphoric ester groups is 1. The second-order valence-corrected chi connectivity index (χ2v) is 47.7. The molecule has 0 saturated heterocycles. The molecule has 14 N–H and O–H groups in total. The van der Waals surface area contributed by atoms with Gasteiger partial charge in [0.25, 0.3) is 0 Å². The molecule has 0 radical (unpaired) electrons. The average Bonchev–Trinajstić information content (AvgIpc) is 0.873. The summed E-state index contributed by atoms with van der Waals surface area (Å²) in [5.41, 5.74) is 11.1. The Morgan fingerprint density at radius 2 is 0.698 bits per heavy atom. The molecule has 0 aromatic heterocycles. The summed E-state index contributed by atoms with van der Waals surface area (Å²) in [4.78, 5) is 167. The molecule has 1 aromatic carbocycles. The molecule has 1 aromatic rings. The quantitative estimate of drug-likeness (QED) is 0.00548. The van der Waals surface area contributed by atoms with E-state index in [0.717, 1.165) is 137 Å². The van der Waals surface area contributed by atoms with Crippen LogP contribution in [-0.4, -0.2) is 294 Å². The summed E-state index contributed by atoms with van der Waals surface area (Å²) in [6.07, 6.45) is 18.7. The number of carbonyl (C=O) groups excluding carboxylic acids is 11. The van der Waals surface area contributed by atoms with Gasteiger partial charge in [-0.05, 0) is 173 Å². The molecule has 0 spiro atoms. The maximum Gasteiger partial charge on any atom is 0.469 e. The minimum absolute atomic E-state index is 0.0224. The van der Waals surface area contributed by atoms with Gasteiger partial charge in [-0.1, -0.05) is 189 Å². The zero-order valence-electron chi connectivity index (χ0n) is 96.9. The largest absolute Gasteiger partial charge is 0.748 e. The van der Waals surface area contributed by atoms with E-state index < -0.39 is 63.3 Å². The molecule has 0 aliphatic carbocycles. The van der Waals surface area contributed by atoms with Gasteiger partial charge in [0.05, 0.1) is 113 Å². The van der Waals surface area contributed by atoms with Crippen LogP contribution in [0.2, 0.25) is 0 Å². The van der Waals surface area contributed by atoms with Crippen LogP contribution >= 0.6 is 7.82 Å². The number of ketones is 2. The highest BCUT2D eigenvalue weighted by Gasteiger charge is 2.32. The number of unbranched alkanes of at least 4 members (excludes halogenated alkanes) is 5. The van der Waals surface area contributed by atoms with Crippen LogP contribution in [0, 0.1) is 37.9 Å². The highest BCUT2D eigenvalue weighted by Crippen LogP contribution is 2.35. The van der Waals surface area contributed by atoms with Gasteiger partial charge < -0.3 is 95.7 Å². The Morgan fingerprint density at radius 3 is 0.987 bits per heavy atom. The number of esters is 3. The zero-order chi connectivity index (χ0) is 117. The predicted molar refractivity (Wildman–Crippen MR) is 587 cm³/mol. The number of carboxylic acids is 2. The second-order valence-electron chi connectivity index (χ2n) is 43.4. The number of carboxylic acid groups (broad SMARTS) is 2. The Bertz CT molecular complexity index is 4220. The van der Waals surface area contributed by atoms with E-state index in [4.69, 9.17) is 45.7 Å². The smallest absolute Gasteiger partial charge is 0.469 e. The van der Waals surface area contributed by atoms with Gasteiger partial charge >= 0.3 is 37.7 Å². The molecule has 872 valence electrons. The number of quaternary nitrogens is 2. The number of hydrogen-bond acceptors (Lipinski definition) is 27. The van der Waals surface area contributed by atoms with Crippen molar-refractivity contribution in [2.24, 2.45) is 49.4 Å². The van der Waals surface area contributed by atoms with Crippen molar-refractivity contribution in [3.63, 3.8) is 0 Å². The summed E-state index contributed by atoms with van der Waals surface area (Å²) in [6.45, 7) is 63.2. The van der Waals surface area contributed by atoms with Crippen LogP contribution < -0.4 is 43.4 Å². The lowest BCUT2D eigenvalue weighted by atomic mass is 9.89. The first-order valence-electron chi connectivity index (χ1n) is 52.8. The Hall–Kier alpha value is -8.06. The van der Waals surface area contributed by atoms with E-state index in [1.807, 2.05) is 156 Å². The minimum Gasteiger partial charge on any atom is -0.748 e. The number of nitrogens with one attached hydrogen (secondary N) is 6. The third kappa shape index (κ3) is 89.0. The van der Waals surface area contributed by atoms with Crippen LogP contribution in [0.3, 0.4) is 0 Å². The van der Waals surface area contributed by atoms with E-state index in [1.165, 1.54) is 10.5 Å². The maximum absolute atomic E-state index is 11.9. The van der Waals surface area contributed by atoms with Gasteiger partial charge in [-0.15, -0.1) is 0 Å². The first-order valence-corrected chi connectivity index (χ1v) is 57.5. The summed E-state index contributed by atoms with van der Waals surface area (Å²) < 4.78 is 93.7. The zero-order valence-corrected chi connectivity index (χ0v) is 99.4. The summed E-state index contributed by atoms with van der Waals surface area (Å²) in [5, 5.41) is 35.0. The van der Waals surface area contributed by atoms with Gasteiger partial charge in [-0.2, -0.15) is 0 Å². The van der Waals surface area contributed by atoms with E-state index in [-0.39, 0.29) is 131 Å². The van der Waals surface area contributed by atoms with Crippen molar-refractivity contribution in [3.05, 3.63) is 59.7 Å². The molecule has 39 nitrogen and oxygen atoms in total. The van der Waals surface area contributed by atoms with Crippen molar-refractivity contribution in [1.29, 1.82) is 0 Å². The fourth-order valence-electron chi connectivity index (χ4n) is 11.6. The Kier molecular flexibility index (Phi) is 84.3. The van der Waals surface area contributed by atoms with Gasteiger partial charge in [0.1, 0.15) is 18.2 Å². The number of aliphatic carboxylic acids is 2. The Labute approximate surface area is 896 Å². The van der Waals surface area contributed by atoms with Crippen molar-refractivity contribution in [2.45, 2.75) is 352 Å². The summed E-state index contributed by atoms with van der Waals surface area (Å²) >= 11 is 0. The number of hydrogen-bond donors (Lipinski definition) is 12. The number of nitrogens with zero attached hydrogens (tertiary/aromatic N) is 3. The van der Waals surface area contributed by atoms with Crippen LogP contribution in [0.5, 0.6) is 0 Å². The topological polar surface area (TPSA) is 599 Å². The van der Waals surface area contributed by atoms with Crippen molar-refractivity contribution in [1.82, 2.24) is 36.8 Å². The van der Waals surface area contributed by atoms with E-state index in [1.54, 1.807) is 27.7 Å². The number of benzene rings is 1. The first kappa shape index (κ1) is 154. The van der Waals surface area contributed by atoms with Crippen LogP contribution in [0.1, 0.15) is 357 Å². The molecular weight excluding hydrogens is 1980 g/mol. The van der Waals surface area contributed by atoms with E-state index in [2.05, 4.69) is 91.6 Å². The van der Waals surface area contributed by atoms with Crippen molar-refractivity contribution in [2.75, 3.05) is 158 Å². The standard InChI is InChI=1S/C19H33NO4.C17H29NO4.2C15H32N2O4S.C15H21NO4.C10H22N2O.C8H18N2O.C8H17O6P/c1-6-19(4,5)18(23)20-13-9-7-8-11-16(21)12-10-14-24-17(22)15(2)3;1-6-17(4,5)16(21)18-11-7-9-14(19)10-8-12-22-15(20)13(2)3;2*1-6-15(2,3)14(18)16-10-9-12-17(4,5)11-7-8-13-22(19,20)21;1-3-11(2)13-6-4-12(5-7-13)8-16(9-14(17)18)10-15(19)20;1-4-10(2,3)9(13)12-8-6-5-7-11;1-4-8(2,3)7(11)10-6-5-9;1-4-8(2,3)7(9)13-5-6-14-15(10,11)12/h2,6-14H2,1,3-5H3,(H,20,23);2,6-12H2,1,3-5H3,(H,18,21);2*6-13H2,1-5H3,(H-,16,18,19,20,21);4-7,11H,3,8-10H2,1-2H3,(H,17,18)(H,19,20);4-8,11H2,1-3H3,(H,12,13);4-6,9H2,1-3H3,(H,10,11);4-6H2,1-3H3,(H2,10,11,12). The molecule has 0 fully saturated rings. The van der Waals surface area contributed by atoms with E-state index in [0.29, 0.717) is 146 Å². The van der Waals surface area contributed by atoms with Gasteiger partial charge in [0.2, 0.25) is 35.4 Å². The Morgan fingerprint density at radius 1 is 0.403 bits per heavy atom. The molecule has 0 bridgehead atoms. The van der Waals surface area contributed by atoms with E-state index >= 15 is 0 Å². The number of rotatable bonds is 70. The van der Waals surface area contributed by atoms with Crippen LogP contribution in [0.25, 0.3) is 0 Å². The van der Waals surface area contributed by atoms with Crippen LogP contribution in [0.4, 0.5) is 0 Å². The fraction of sp³-hybridized carbons (Fsp3) is 0.785. The lowest BCUT2D eigenvalue weighted by molar-refractivity contribution is -0.890. The lowest BCUT2D eigenvalue weighted by Gasteiger charge is -2.30. The maximum atomic E-state index is 11.9. The molecule has 0 aliphatic rings. The predicted octanol–water partition coefficient (Wildman–Crippen LogP) is 14.0. The number of carbonyl (C=O) groups is 13. The number of Topliss-reactive ketones (excluding diaryl/α,β-unsaturated/α-hetero) is 2. The normalized spacial score (nSPS) is 12.0. The minimum atomic E-state index is -4.46. The molecule has 0 heterocycles. The van der Waals surface area contributed by atoms with Gasteiger partial charge in [-0.25, -0.2) is 31.0 Å². The first-order chi connectivity index (χ1) is 68.4. The average molecular weight is 2190 g/mol. The fourth-order valence-corrected chi connectivity index (χ4v) is 13.1. The monoisotopic (exact) mass is 2190 g/mol. The third-order valence-corrected chi connectivity index (χ3v) is 27.7. The molecule has 1 atom stereocenters. The lowest BCUT2D eigenvalue weighted by Crippen LogP contribution is -2.43.